The van der Waals surface area contributed by atoms with Gasteiger partial charge in [-0.2, -0.15) is 5.10 Å². The molecular formula is C13H22N2O3S. The smallest absolute Gasteiger partial charge is 0.309 e. The molecule has 5 nitrogen and oxygen atoms in total. The van der Waals surface area contributed by atoms with Crippen LogP contribution in [0, 0.1) is 5.92 Å². The third-order valence-electron chi connectivity index (χ3n) is 2.92. The molecule has 0 bridgehead atoms. The number of hydrogen-bond donors (Lipinski definition) is 0. The molecule has 0 saturated heterocycles. The van der Waals surface area contributed by atoms with Crippen molar-refractivity contribution in [2.24, 2.45) is 5.92 Å². The Labute approximate surface area is 116 Å². The Morgan fingerprint density at radius 3 is 2.74 bits per heavy atom. The summed E-state index contributed by atoms with van der Waals surface area (Å²) in [5.41, 5.74) is 1.98. The molecule has 108 valence electrons. The molecular weight excluding hydrogens is 264 g/mol. The van der Waals surface area contributed by atoms with E-state index in [0.717, 1.165) is 24.4 Å². The summed E-state index contributed by atoms with van der Waals surface area (Å²) in [6.07, 6.45) is 0.866. The lowest BCUT2D eigenvalue weighted by Gasteiger charge is -2.09. The number of aryl methyl sites for hydroxylation is 2. The van der Waals surface area contributed by atoms with Crippen molar-refractivity contribution in [3.05, 3.63) is 17.5 Å². The van der Waals surface area contributed by atoms with Crippen LogP contribution < -0.4 is 0 Å². The van der Waals surface area contributed by atoms with Crippen molar-refractivity contribution >= 4 is 16.8 Å². The first kappa shape index (κ1) is 15.9. The lowest BCUT2D eigenvalue weighted by atomic mass is 10.2. The maximum Gasteiger partial charge on any atom is 0.309 e. The van der Waals surface area contributed by atoms with Crippen molar-refractivity contribution < 1.29 is 13.7 Å². The highest BCUT2D eigenvalue weighted by Gasteiger charge is 2.18. The molecule has 0 aliphatic rings. The van der Waals surface area contributed by atoms with Gasteiger partial charge in [0.1, 0.15) is 0 Å². The van der Waals surface area contributed by atoms with Crippen LogP contribution in [0.1, 0.15) is 32.2 Å². The monoisotopic (exact) mass is 286 g/mol. The van der Waals surface area contributed by atoms with Gasteiger partial charge in [0.25, 0.3) is 0 Å². The Hall–Kier alpha value is -1.17. The van der Waals surface area contributed by atoms with Crippen LogP contribution >= 0.6 is 0 Å². The van der Waals surface area contributed by atoms with E-state index in [1.54, 1.807) is 6.92 Å². The molecule has 0 aliphatic carbocycles. The van der Waals surface area contributed by atoms with Crippen LogP contribution in [0.2, 0.25) is 0 Å². The summed E-state index contributed by atoms with van der Waals surface area (Å²) >= 11 is 0. The molecule has 0 fully saturated rings. The molecule has 1 aromatic heterocycles. The van der Waals surface area contributed by atoms with Gasteiger partial charge in [0.2, 0.25) is 0 Å². The van der Waals surface area contributed by atoms with E-state index in [1.165, 1.54) is 7.11 Å². The molecule has 1 aromatic rings. The predicted molar refractivity (Wildman–Crippen MR) is 75.2 cm³/mol. The minimum atomic E-state index is -1.09. The summed E-state index contributed by atoms with van der Waals surface area (Å²) in [7, 11) is 0.263. The first-order valence-corrected chi connectivity index (χ1v) is 7.98. The molecule has 0 aliphatic heterocycles. The molecule has 6 heteroatoms. The number of rotatable bonds is 7. The van der Waals surface area contributed by atoms with Crippen molar-refractivity contribution in [2.45, 2.75) is 39.5 Å². The summed E-state index contributed by atoms with van der Waals surface area (Å²) < 4.78 is 18.6. The fourth-order valence-corrected chi connectivity index (χ4v) is 3.22. The van der Waals surface area contributed by atoms with E-state index in [2.05, 4.69) is 9.84 Å². The molecule has 2 atom stereocenters. The van der Waals surface area contributed by atoms with Gasteiger partial charge in [-0.25, -0.2) is 0 Å². The number of ether oxygens (including phenoxy) is 1. The quantitative estimate of drug-likeness (QED) is 0.713. The van der Waals surface area contributed by atoms with Gasteiger partial charge < -0.3 is 4.74 Å². The second-order valence-corrected chi connectivity index (χ2v) is 5.97. The summed E-state index contributed by atoms with van der Waals surface area (Å²) in [5, 5.41) is 4.42. The van der Waals surface area contributed by atoms with Crippen LogP contribution in [0.15, 0.2) is 6.07 Å². The summed E-state index contributed by atoms with van der Waals surface area (Å²) in [6, 6.07) is 1.99. The molecule has 1 heterocycles. The van der Waals surface area contributed by atoms with Gasteiger partial charge in [0.15, 0.2) is 0 Å². The van der Waals surface area contributed by atoms with Crippen molar-refractivity contribution in [1.29, 1.82) is 0 Å². The van der Waals surface area contributed by atoms with Gasteiger partial charge in [-0.05, 0) is 19.4 Å². The second-order valence-electron chi connectivity index (χ2n) is 4.47. The average molecular weight is 286 g/mol. The summed E-state index contributed by atoms with van der Waals surface area (Å²) in [5.74, 6) is 0.103. The van der Waals surface area contributed by atoms with Gasteiger partial charge in [-0.1, -0.05) is 13.8 Å². The van der Waals surface area contributed by atoms with E-state index in [-0.39, 0.29) is 11.9 Å². The van der Waals surface area contributed by atoms with Gasteiger partial charge in [0.05, 0.1) is 30.2 Å². The van der Waals surface area contributed by atoms with Gasteiger partial charge in [-0.15, -0.1) is 0 Å². The Balaban J connectivity index is 2.66. The summed E-state index contributed by atoms with van der Waals surface area (Å²) in [6.45, 7) is 6.55. The fraction of sp³-hybridized carbons (Fsp3) is 0.692. The molecule has 19 heavy (non-hydrogen) atoms. The van der Waals surface area contributed by atoms with Gasteiger partial charge >= 0.3 is 5.97 Å². The van der Waals surface area contributed by atoms with Gasteiger partial charge in [-0.3, -0.25) is 13.7 Å². The van der Waals surface area contributed by atoms with E-state index in [0.29, 0.717) is 11.5 Å². The topological polar surface area (TPSA) is 61.2 Å². The predicted octanol–water partition coefficient (Wildman–Crippen LogP) is 1.52. The SMILES string of the molecule is CCc1cc(CS(=O)CC(C)C(=O)OC)n(CC)n1. The zero-order valence-electron chi connectivity index (χ0n) is 12.0. The first-order valence-electron chi connectivity index (χ1n) is 6.50. The third-order valence-corrected chi connectivity index (χ3v) is 4.41. The van der Waals surface area contributed by atoms with Crippen LogP contribution in [0.5, 0.6) is 0 Å². The fourth-order valence-electron chi connectivity index (χ4n) is 1.85. The van der Waals surface area contributed by atoms with E-state index in [4.69, 9.17) is 0 Å². The molecule has 0 amide bonds. The Kier molecular flexibility index (Phi) is 6.21. The zero-order chi connectivity index (χ0) is 14.4. The number of carbonyl (C=O) groups is 1. The van der Waals surface area contributed by atoms with E-state index in [9.17, 15) is 9.00 Å². The average Bonchev–Trinajstić information content (AvgIpc) is 2.79. The normalized spacial score (nSPS) is 14.1. The molecule has 0 saturated carbocycles. The number of aromatic nitrogens is 2. The Bertz CT molecular complexity index is 457. The molecule has 1 rings (SSSR count). The number of nitrogens with zero attached hydrogens (tertiary/aromatic N) is 2. The standard InChI is InChI=1S/C13H22N2O3S/c1-5-11-7-12(15(6-2)14-11)9-19(17)8-10(3)13(16)18-4/h7,10H,5-6,8-9H2,1-4H3. The summed E-state index contributed by atoms with van der Waals surface area (Å²) in [4.78, 5) is 11.3. The van der Waals surface area contributed by atoms with Crippen LogP contribution in [0.3, 0.4) is 0 Å². The lowest BCUT2D eigenvalue weighted by molar-refractivity contribution is -0.144. The number of carbonyl (C=O) groups excluding carboxylic acids is 1. The minimum absolute atomic E-state index is 0.313. The van der Waals surface area contributed by atoms with E-state index < -0.39 is 10.8 Å². The van der Waals surface area contributed by atoms with Crippen molar-refractivity contribution in [2.75, 3.05) is 12.9 Å². The first-order chi connectivity index (χ1) is 9.01. The van der Waals surface area contributed by atoms with Crippen LogP contribution in [-0.4, -0.2) is 32.8 Å². The molecule has 0 aromatic carbocycles. The minimum Gasteiger partial charge on any atom is -0.469 e. The van der Waals surface area contributed by atoms with Crippen LogP contribution in [0.25, 0.3) is 0 Å². The molecule has 2 unspecified atom stereocenters. The third kappa shape index (κ3) is 4.45. The highest BCUT2D eigenvalue weighted by atomic mass is 32.2. The molecule has 0 N–H and O–H groups in total. The van der Waals surface area contributed by atoms with Gasteiger partial charge in [0, 0.05) is 23.1 Å². The van der Waals surface area contributed by atoms with Crippen LogP contribution in [-0.2, 0) is 39.0 Å². The van der Waals surface area contributed by atoms with Crippen molar-refractivity contribution in [1.82, 2.24) is 9.78 Å². The molecule has 0 spiro atoms. The van der Waals surface area contributed by atoms with Crippen molar-refractivity contribution in [3.8, 4) is 0 Å². The van der Waals surface area contributed by atoms with E-state index in [1.807, 2.05) is 24.6 Å². The molecule has 0 radical (unpaired) electrons. The highest BCUT2D eigenvalue weighted by molar-refractivity contribution is 7.84. The second kappa shape index (κ2) is 7.43. The van der Waals surface area contributed by atoms with Crippen LogP contribution in [0.4, 0.5) is 0 Å². The maximum absolute atomic E-state index is 12.1. The zero-order valence-corrected chi connectivity index (χ0v) is 12.8. The Morgan fingerprint density at radius 1 is 1.53 bits per heavy atom. The van der Waals surface area contributed by atoms with Crippen molar-refractivity contribution in [3.63, 3.8) is 0 Å². The highest BCUT2D eigenvalue weighted by Crippen LogP contribution is 2.11. The largest absolute Gasteiger partial charge is 0.469 e. The number of esters is 1. The number of methoxy groups -OCH3 is 1. The maximum atomic E-state index is 12.1. The Morgan fingerprint density at radius 2 is 2.21 bits per heavy atom. The lowest BCUT2D eigenvalue weighted by Crippen LogP contribution is -2.20. The number of hydrogen-bond acceptors (Lipinski definition) is 4. The van der Waals surface area contributed by atoms with E-state index >= 15 is 0 Å².